The second-order valence-corrected chi connectivity index (χ2v) is 7.75. The van der Waals surface area contributed by atoms with Crippen molar-refractivity contribution >= 4 is 29.2 Å². The smallest absolute Gasteiger partial charge is 0.339 e. The van der Waals surface area contributed by atoms with E-state index in [1.54, 1.807) is 31.2 Å². The fourth-order valence-electron chi connectivity index (χ4n) is 3.85. The van der Waals surface area contributed by atoms with Gasteiger partial charge >= 0.3 is 5.97 Å². The molecule has 0 fully saturated rings. The molecule has 1 aliphatic rings. The second-order valence-electron chi connectivity index (χ2n) is 7.75. The van der Waals surface area contributed by atoms with Crippen LogP contribution in [0.2, 0.25) is 0 Å². The number of para-hydroxylation sites is 1. The largest absolute Gasteiger partial charge is 0.508 e. The molecule has 1 heterocycles. The third kappa shape index (κ3) is 4.54. The Labute approximate surface area is 195 Å². The number of benzene rings is 2. The molecule has 0 radical (unpaired) electrons. The topological polar surface area (TPSA) is 130 Å². The molecule has 1 aliphatic carbocycles. The minimum Gasteiger partial charge on any atom is -0.508 e. The minimum absolute atomic E-state index is 0.0637. The number of carbonyl (C=O) groups is 3. The number of ether oxygens (including phenoxy) is 1. The zero-order valence-electron chi connectivity index (χ0n) is 18.7. The molecule has 4 rings (SSSR count). The van der Waals surface area contributed by atoms with Crippen LogP contribution in [0.4, 0.5) is 5.69 Å². The van der Waals surface area contributed by atoms with Gasteiger partial charge in [-0.25, -0.2) is 10.2 Å². The molecule has 0 aliphatic heterocycles. The van der Waals surface area contributed by atoms with Crippen LogP contribution in [-0.4, -0.2) is 35.7 Å². The summed E-state index contributed by atoms with van der Waals surface area (Å²) in [5, 5.41) is 16.4. The Morgan fingerprint density at radius 2 is 1.76 bits per heavy atom. The Balaban J connectivity index is 1.58. The number of nitrogens with one attached hydrogen (secondary N) is 2. The van der Waals surface area contributed by atoms with E-state index in [2.05, 4.69) is 15.8 Å². The van der Waals surface area contributed by atoms with Gasteiger partial charge in [0, 0.05) is 23.1 Å². The first kappa shape index (κ1) is 22.8. The maximum Gasteiger partial charge on any atom is 0.339 e. The molecule has 0 saturated heterocycles. The highest BCUT2D eigenvalue weighted by atomic mass is 16.5. The van der Waals surface area contributed by atoms with E-state index in [0.29, 0.717) is 46.7 Å². The van der Waals surface area contributed by atoms with Crippen LogP contribution < -0.4 is 10.7 Å². The summed E-state index contributed by atoms with van der Waals surface area (Å²) < 4.78 is 10.7. The highest BCUT2D eigenvalue weighted by molar-refractivity contribution is 6.11. The number of aromatic hydroxyl groups is 1. The van der Waals surface area contributed by atoms with E-state index >= 15 is 0 Å². The van der Waals surface area contributed by atoms with Crippen LogP contribution in [0, 0.1) is 6.92 Å². The standard InChI is InChI=1S/C25H23N3O6/c1-14-21-19(27-28-23(30)15-10-12-16(29)13-11-15)8-5-9-20(21)34-22(14)24(31)26-18-7-4-3-6-17(18)25(32)33-2/h3-4,6-7,10-13,29H,5,8-9H2,1-2H3,(H,26,31)(H,28,30)/b27-19+. The van der Waals surface area contributed by atoms with Crippen molar-refractivity contribution in [3.63, 3.8) is 0 Å². The Kier molecular flexibility index (Phi) is 6.44. The molecule has 9 heteroatoms. The normalized spacial score (nSPS) is 13.8. The number of esters is 1. The second kappa shape index (κ2) is 9.62. The molecule has 34 heavy (non-hydrogen) atoms. The van der Waals surface area contributed by atoms with Gasteiger partial charge in [-0.05, 0) is 56.2 Å². The monoisotopic (exact) mass is 461 g/mol. The van der Waals surface area contributed by atoms with E-state index in [1.807, 2.05) is 0 Å². The molecule has 2 aromatic carbocycles. The Bertz CT molecular complexity index is 1290. The number of anilines is 1. The van der Waals surface area contributed by atoms with Crippen molar-refractivity contribution in [3.05, 3.63) is 82.3 Å². The van der Waals surface area contributed by atoms with Crippen molar-refractivity contribution in [2.75, 3.05) is 12.4 Å². The van der Waals surface area contributed by atoms with Gasteiger partial charge in [0.1, 0.15) is 11.5 Å². The van der Waals surface area contributed by atoms with Crippen molar-refractivity contribution in [2.45, 2.75) is 26.2 Å². The molecular weight excluding hydrogens is 438 g/mol. The fourth-order valence-corrected chi connectivity index (χ4v) is 3.85. The average Bonchev–Trinajstić information content (AvgIpc) is 3.20. The van der Waals surface area contributed by atoms with Crippen molar-refractivity contribution < 1.29 is 28.6 Å². The number of phenols is 1. The average molecular weight is 461 g/mol. The van der Waals surface area contributed by atoms with Crippen LogP contribution in [0.15, 0.2) is 58.0 Å². The summed E-state index contributed by atoms with van der Waals surface area (Å²) in [4.78, 5) is 37.4. The molecule has 3 aromatic rings. The molecule has 0 saturated carbocycles. The number of hydrogen-bond acceptors (Lipinski definition) is 7. The van der Waals surface area contributed by atoms with Crippen LogP contribution in [0.5, 0.6) is 5.75 Å². The van der Waals surface area contributed by atoms with Crippen molar-refractivity contribution in [1.29, 1.82) is 0 Å². The maximum atomic E-state index is 13.0. The van der Waals surface area contributed by atoms with Gasteiger partial charge in [-0.1, -0.05) is 12.1 Å². The maximum absolute atomic E-state index is 13.0. The molecule has 2 amide bonds. The Morgan fingerprint density at radius 1 is 1.03 bits per heavy atom. The van der Waals surface area contributed by atoms with Gasteiger partial charge in [0.05, 0.1) is 24.1 Å². The fraction of sp³-hybridized carbons (Fsp3) is 0.200. The molecule has 0 unspecified atom stereocenters. The predicted octanol–water partition coefficient (Wildman–Crippen LogP) is 3.80. The molecular formula is C25H23N3O6. The van der Waals surface area contributed by atoms with Crippen LogP contribution in [0.25, 0.3) is 0 Å². The number of furan rings is 1. The molecule has 0 spiro atoms. The Morgan fingerprint density at radius 3 is 2.50 bits per heavy atom. The highest BCUT2D eigenvalue weighted by Crippen LogP contribution is 2.30. The summed E-state index contributed by atoms with van der Waals surface area (Å²) in [5.74, 6) is -0.690. The van der Waals surface area contributed by atoms with Crippen molar-refractivity contribution in [1.82, 2.24) is 5.43 Å². The lowest BCUT2D eigenvalue weighted by Gasteiger charge is -2.13. The van der Waals surface area contributed by atoms with E-state index in [1.165, 1.54) is 31.4 Å². The number of hydrogen-bond donors (Lipinski definition) is 3. The van der Waals surface area contributed by atoms with Gasteiger partial charge in [-0.15, -0.1) is 0 Å². The Hall–Kier alpha value is -4.40. The molecule has 9 nitrogen and oxygen atoms in total. The van der Waals surface area contributed by atoms with E-state index < -0.39 is 17.8 Å². The molecule has 1 aromatic heterocycles. The summed E-state index contributed by atoms with van der Waals surface area (Å²) in [5.41, 5.74) is 5.33. The van der Waals surface area contributed by atoms with Crippen LogP contribution in [0.1, 0.15) is 61.0 Å². The highest BCUT2D eigenvalue weighted by Gasteiger charge is 2.28. The van der Waals surface area contributed by atoms with Gasteiger partial charge < -0.3 is 19.6 Å². The summed E-state index contributed by atoms with van der Waals surface area (Å²) >= 11 is 0. The first-order chi connectivity index (χ1) is 16.4. The lowest BCUT2D eigenvalue weighted by molar-refractivity contribution is 0.0601. The minimum atomic E-state index is -0.565. The number of rotatable bonds is 5. The quantitative estimate of drug-likeness (QED) is 0.391. The zero-order chi connectivity index (χ0) is 24.2. The van der Waals surface area contributed by atoms with Crippen LogP contribution in [-0.2, 0) is 11.2 Å². The summed E-state index contributed by atoms with van der Waals surface area (Å²) in [7, 11) is 1.27. The van der Waals surface area contributed by atoms with Crippen molar-refractivity contribution in [3.8, 4) is 5.75 Å². The number of amides is 2. The molecule has 0 bridgehead atoms. The SMILES string of the molecule is COC(=O)c1ccccc1NC(=O)c1oc2c(c1C)/C(=N/NC(=O)c1ccc(O)cc1)CCC2. The molecule has 174 valence electrons. The van der Waals surface area contributed by atoms with Gasteiger partial charge in [-0.2, -0.15) is 5.10 Å². The number of aryl methyl sites for hydroxylation is 1. The number of carbonyl (C=O) groups excluding carboxylic acids is 3. The summed E-state index contributed by atoms with van der Waals surface area (Å²) in [6.45, 7) is 1.76. The van der Waals surface area contributed by atoms with Gasteiger partial charge in [0.25, 0.3) is 11.8 Å². The number of nitrogens with zero attached hydrogens (tertiary/aromatic N) is 1. The van der Waals surface area contributed by atoms with E-state index in [4.69, 9.17) is 9.15 Å². The molecule has 0 atom stereocenters. The number of fused-ring (bicyclic) bond motifs is 1. The third-order valence-corrected chi connectivity index (χ3v) is 5.53. The van der Waals surface area contributed by atoms with Crippen molar-refractivity contribution in [2.24, 2.45) is 5.10 Å². The predicted molar refractivity (Wildman–Crippen MR) is 124 cm³/mol. The first-order valence-electron chi connectivity index (χ1n) is 10.7. The number of methoxy groups -OCH3 is 1. The van der Waals surface area contributed by atoms with E-state index in [-0.39, 0.29) is 17.1 Å². The van der Waals surface area contributed by atoms with Gasteiger partial charge in [0.15, 0.2) is 5.76 Å². The summed E-state index contributed by atoms with van der Waals surface area (Å²) in [6, 6.07) is 12.4. The lowest BCUT2D eigenvalue weighted by atomic mass is 9.93. The third-order valence-electron chi connectivity index (χ3n) is 5.53. The van der Waals surface area contributed by atoms with E-state index in [0.717, 1.165) is 6.42 Å². The van der Waals surface area contributed by atoms with Gasteiger partial charge in [0.2, 0.25) is 0 Å². The van der Waals surface area contributed by atoms with Crippen LogP contribution >= 0.6 is 0 Å². The molecule has 3 N–H and O–H groups in total. The first-order valence-corrected chi connectivity index (χ1v) is 10.7. The van der Waals surface area contributed by atoms with Gasteiger partial charge in [-0.3, -0.25) is 9.59 Å². The number of hydrazone groups is 1. The zero-order valence-corrected chi connectivity index (χ0v) is 18.7. The lowest BCUT2D eigenvalue weighted by Crippen LogP contribution is -2.22. The number of phenolic OH excluding ortho intramolecular Hbond substituents is 1. The van der Waals surface area contributed by atoms with Crippen LogP contribution in [0.3, 0.4) is 0 Å². The summed E-state index contributed by atoms with van der Waals surface area (Å²) in [6.07, 6.45) is 1.99. The van der Waals surface area contributed by atoms with E-state index in [9.17, 15) is 19.5 Å².